The van der Waals surface area contributed by atoms with Gasteiger partial charge in [0.05, 0.1) is 10.6 Å². The lowest BCUT2D eigenvalue weighted by Gasteiger charge is -2.16. The smallest absolute Gasteiger partial charge is 0.339 e. The number of carbonyl (C=O) groups excluding carboxylic acids is 3. The van der Waals surface area contributed by atoms with Crippen LogP contribution in [0.1, 0.15) is 40.1 Å². The summed E-state index contributed by atoms with van der Waals surface area (Å²) in [5.41, 5.74) is 2.34. The summed E-state index contributed by atoms with van der Waals surface area (Å²) >= 11 is 6.09. The molecule has 4 rings (SSSR count). The first-order chi connectivity index (χ1) is 13.8. The van der Waals surface area contributed by atoms with E-state index in [0.717, 1.165) is 11.3 Å². The number of anilines is 1. The molecule has 0 N–H and O–H groups in total. The highest BCUT2D eigenvalue weighted by Crippen LogP contribution is 2.40. The number of halogens is 1. The number of nitrogens with zero attached hydrogens (tertiary/aromatic N) is 1. The third kappa shape index (κ3) is 3.53. The number of Topliss-reactive ketones (excluding diaryl/α,β-unsaturated/α-hetero) is 1. The number of ether oxygens (including phenoxy) is 3. The number of hydrogen-bond donors (Lipinski definition) is 0. The van der Waals surface area contributed by atoms with Gasteiger partial charge in [-0.25, -0.2) is 4.79 Å². The van der Waals surface area contributed by atoms with Gasteiger partial charge in [0.25, 0.3) is 0 Å². The molecule has 0 fully saturated rings. The van der Waals surface area contributed by atoms with E-state index >= 15 is 0 Å². The molecule has 1 atom stereocenters. The van der Waals surface area contributed by atoms with Gasteiger partial charge in [-0.15, -0.1) is 0 Å². The molecular formula is C21H18ClNO6. The zero-order valence-electron chi connectivity index (χ0n) is 15.9. The second-order valence-electron chi connectivity index (χ2n) is 6.87. The summed E-state index contributed by atoms with van der Waals surface area (Å²) < 4.78 is 15.8. The van der Waals surface area contributed by atoms with Crippen molar-refractivity contribution in [2.45, 2.75) is 26.4 Å². The molecule has 2 aliphatic heterocycles. The standard InChI is InChI=1S/C21H18ClNO6/c1-11(29-21(26)15-8-16(22)20-18(9-15)27-10-28-20)19(25)14-3-4-17-13(7-14)5-6-23(17)12(2)24/h3-4,7-9,11H,5-6,10H2,1-2H3. The Balaban J connectivity index is 1.48. The molecule has 0 aliphatic carbocycles. The van der Waals surface area contributed by atoms with Gasteiger partial charge in [0, 0.05) is 24.7 Å². The summed E-state index contributed by atoms with van der Waals surface area (Å²) in [7, 11) is 0. The van der Waals surface area contributed by atoms with Crippen molar-refractivity contribution in [2.75, 3.05) is 18.2 Å². The van der Waals surface area contributed by atoms with Gasteiger partial charge in [-0.05, 0) is 49.2 Å². The molecule has 8 heteroatoms. The van der Waals surface area contributed by atoms with Crippen molar-refractivity contribution in [3.05, 3.63) is 52.0 Å². The van der Waals surface area contributed by atoms with Crippen molar-refractivity contribution < 1.29 is 28.6 Å². The number of esters is 1. The fourth-order valence-electron chi connectivity index (χ4n) is 3.48. The van der Waals surface area contributed by atoms with Crippen molar-refractivity contribution in [1.29, 1.82) is 0 Å². The lowest BCUT2D eigenvalue weighted by atomic mass is 10.0. The highest BCUT2D eigenvalue weighted by Gasteiger charge is 2.27. The summed E-state index contributed by atoms with van der Waals surface area (Å²) in [6.07, 6.45) is -0.310. The second kappa shape index (κ2) is 7.40. The minimum absolute atomic E-state index is 0.0296. The maximum Gasteiger partial charge on any atom is 0.339 e. The van der Waals surface area contributed by atoms with E-state index in [0.29, 0.717) is 30.0 Å². The lowest BCUT2D eigenvalue weighted by Crippen LogP contribution is -2.26. The number of rotatable bonds is 4. The molecule has 0 bridgehead atoms. The number of benzene rings is 2. The van der Waals surface area contributed by atoms with Gasteiger partial charge in [0.15, 0.2) is 17.6 Å². The average Bonchev–Trinajstić information content (AvgIpc) is 3.33. The minimum Gasteiger partial charge on any atom is -0.454 e. The Morgan fingerprint density at radius 2 is 1.93 bits per heavy atom. The number of hydrogen-bond acceptors (Lipinski definition) is 6. The predicted octanol–water partition coefficient (Wildman–Crippen LogP) is 3.41. The molecule has 2 aliphatic rings. The largest absolute Gasteiger partial charge is 0.454 e. The molecule has 2 aromatic carbocycles. The van der Waals surface area contributed by atoms with Crippen LogP contribution in [0.15, 0.2) is 30.3 Å². The first-order valence-electron chi connectivity index (χ1n) is 9.10. The van der Waals surface area contributed by atoms with E-state index in [1.165, 1.54) is 26.0 Å². The van der Waals surface area contributed by atoms with Crippen LogP contribution >= 0.6 is 11.6 Å². The van der Waals surface area contributed by atoms with E-state index in [2.05, 4.69) is 0 Å². The molecule has 29 heavy (non-hydrogen) atoms. The maximum atomic E-state index is 12.8. The van der Waals surface area contributed by atoms with Crippen LogP contribution in [-0.2, 0) is 16.0 Å². The quantitative estimate of drug-likeness (QED) is 0.562. The van der Waals surface area contributed by atoms with Crippen LogP contribution < -0.4 is 14.4 Å². The van der Waals surface area contributed by atoms with Crippen LogP contribution in [0.2, 0.25) is 5.02 Å². The normalized spacial score (nSPS) is 15.1. The fourth-order valence-corrected chi connectivity index (χ4v) is 3.75. The third-order valence-corrected chi connectivity index (χ3v) is 5.24. The topological polar surface area (TPSA) is 82.1 Å². The molecule has 1 amide bonds. The van der Waals surface area contributed by atoms with Gasteiger partial charge < -0.3 is 19.1 Å². The fraction of sp³-hybridized carbons (Fsp3) is 0.286. The van der Waals surface area contributed by atoms with Gasteiger partial charge in [-0.1, -0.05) is 11.6 Å². The number of ketones is 1. The Bertz CT molecular complexity index is 1030. The van der Waals surface area contributed by atoms with Gasteiger partial charge >= 0.3 is 5.97 Å². The number of amides is 1. The zero-order chi connectivity index (χ0) is 20.7. The first kappa shape index (κ1) is 19.3. The van der Waals surface area contributed by atoms with E-state index in [1.807, 2.05) is 0 Å². The lowest BCUT2D eigenvalue weighted by molar-refractivity contribution is -0.116. The Hall–Kier alpha value is -3.06. The Morgan fingerprint density at radius 3 is 2.69 bits per heavy atom. The van der Waals surface area contributed by atoms with Crippen LogP contribution in [0.3, 0.4) is 0 Å². The van der Waals surface area contributed by atoms with Crippen molar-refractivity contribution in [3.8, 4) is 11.5 Å². The van der Waals surface area contributed by atoms with Crippen molar-refractivity contribution in [3.63, 3.8) is 0 Å². The van der Waals surface area contributed by atoms with Crippen molar-refractivity contribution >= 4 is 34.9 Å². The molecular weight excluding hydrogens is 398 g/mol. The Labute approximate surface area is 172 Å². The van der Waals surface area contributed by atoms with Crippen LogP contribution in [0.4, 0.5) is 5.69 Å². The van der Waals surface area contributed by atoms with E-state index in [1.54, 1.807) is 23.1 Å². The summed E-state index contributed by atoms with van der Waals surface area (Å²) in [5, 5.41) is 0.236. The van der Waals surface area contributed by atoms with Crippen LogP contribution in [0, 0.1) is 0 Å². The number of carbonyl (C=O) groups is 3. The Kier molecular flexibility index (Phi) is 4.92. The second-order valence-corrected chi connectivity index (χ2v) is 7.27. The molecule has 0 aromatic heterocycles. The molecule has 0 saturated heterocycles. The molecule has 0 radical (unpaired) electrons. The summed E-state index contributed by atoms with van der Waals surface area (Å²) in [5.74, 6) is -0.307. The summed E-state index contributed by atoms with van der Waals surface area (Å²) in [4.78, 5) is 38.6. The van der Waals surface area contributed by atoms with E-state index in [9.17, 15) is 14.4 Å². The van der Waals surface area contributed by atoms with Gasteiger partial charge in [0.1, 0.15) is 0 Å². The first-order valence-corrected chi connectivity index (χ1v) is 9.48. The van der Waals surface area contributed by atoms with Crippen LogP contribution in [0.25, 0.3) is 0 Å². The van der Waals surface area contributed by atoms with Crippen molar-refractivity contribution in [1.82, 2.24) is 0 Å². The molecule has 1 unspecified atom stereocenters. The van der Waals surface area contributed by atoms with Crippen molar-refractivity contribution in [2.24, 2.45) is 0 Å². The third-order valence-electron chi connectivity index (χ3n) is 4.96. The Morgan fingerprint density at radius 1 is 1.14 bits per heavy atom. The maximum absolute atomic E-state index is 12.8. The van der Waals surface area contributed by atoms with Crippen LogP contribution in [-0.4, -0.2) is 37.1 Å². The van der Waals surface area contributed by atoms with Crippen LogP contribution in [0.5, 0.6) is 11.5 Å². The molecule has 2 aromatic rings. The number of fused-ring (bicyclic) bond motifs is 2. The molecule has 150 valence electrons. The van der Waals surface area contributed by atoms with Gasteiger partial charge in [-0.2, -0.15) is 0 Å². The molecule has 2 heterocycles. The summed E-state index contributed by atoms with van der Waals surface area (Å²) in [6, 6.07) is 8.04. The average molecular weight is 416 g/mol. The monoisotopic (exact) mass is 415 g/mol. The van der Waals surface area contributed by atoms with Gasteiger partial charge in [-0.3, -0.25) is 9.59 Å². The van der Waals surface area contributed by atoms with E-state index in [4.69, 9.17) is 25.8 Å². The predicted molar refractivity (Wildman–Crippen MR) is 105 cm³/mol. The minimum atomic E-state index is -0.991. The zero-order valence-corrected chi connectivity index (χ0v) is 16.6. The van der Waals surface area contributed by atoms with Gasteiger partial charge in [0.2, 0.25) is 18.5 Å². The molecule has 0 saturated carbocycles. The summed E-state index contributed by atoms with van der Waals surface area (Å²) in [6.45, 7) is 3.65. The molecule has 7 nitrogen and oxygen atoms in total. The van der Waals surface area contributed by atoms with E-state index in [-0.39, 0.29) is 29.1 Å². The molecule has 0 spiro atoms. The van der Waals surface area contributed by atoms with E-state index < -0.39 is 12.1 Å². The SMILES string of the molecule is CC(=O)N1CCc2cc(C(=O)C(C)OC(=O)c3cc(Cl)c4c(c3)OCO4)ccc21. The highest BCUT2D eigenvalue weighted by atomic mass is 35.5. The highest BCUT2D eigenvalue weighted by molar-refractivity contribution is 6.32.